The van der Waals surface area contributed by atoms with E-state index in [9.17, 15) is 32.3 Å². The second-order valence-corrected chi connectivity index (χ2v) is 8.59. The number of benzene rings is 1. The molecule has 1 aliphatic heterocycles. The van der Waals surface area contributed by atoms with Gasteiger partial charge in [0.05, 0.1) is 31.0 Å². The molecule has 2 atom stereocenters. The fourth-order valence-electron chi connectivity index (χ4n) is 4.05. The molecule has 1 amide bonds. The van der Waals surface area contributed by atoms with Crippen LogP contribution in [0, 0.1) is 11.6 Å². The molecule has 3 aromatic rings. The van der Waals surface area contributed by atoms with E-state index >= 15 is 0 Å². The molecule has 0 saturated carbocycles. The number of amides is 1. The first-order chi connectivity index (χ1) is 17.6. The number of halogens is 4. The van der Waals surface area contributed by atoms with Gasteiger partial charge in [-0.05, 0) is 18.6 Å². The molecule has 1 unspecified atom stereocenters. The standard InChI is InChI=1S/C24H23F4N5O4/c1-13(33-5-4-24(27,28)17(11-33)14-2-3-20(35)30-8-14)23(36)32-19-9-31-21(10-29-19)37-22-15(12-34)6-16(25)7-18(22)26/h2-3,6-10,13,17,34H,4-5,11-12H2,1H3,(H,30,35)(H,29,32,36)/t13?,17-/m1/s1. The summed E-state index contributed by atoms with van der Waals surface area (Å²) in [7, 11) is 0. The first-order valence-electron chi connectivity index (χ1n) is 11.3. The number of nitrogens with zero attached hydrogens (tertiary/aromatic N) is 3. The van der Waals surface area contributed by atoms with E-state index in [2.05, 4.69) is 20.3 Å². The van der Waals surface area contributed by atoms with Crippen molar-refractivity contribution >= 4 is 11.7 Å². The molecule has 0 aliphatic carbocycles. The number of rotatable bonds is 7. The molecule has 1 fully saturated rings. The van der Waals surface area contributed by atoms with E-state index in [-0.39, 0.29) is 35.9 Å². The summed E-state index contributed by atoms with van der Waals surface area (Å²) >= 11 is 0. The maximum atomic E-state index is 14.6. The maximum Gasteiger partial charge on any atom is 0.257 e. The fraction of sp³-hybridized carbons (Fsp3) is 0.333. The third kappa shape index (κ3) is 5.94. The Hall–Kier alpha value is -3.84. The van der Waals surface area contributed by atoms with Crippen LogP contribution in [0.15, 0.2) is 47.7 Å². The van der Waals surface area contributed by atoms with Crippen molar-refractivity contribution in [1.29, 1.82) is 0 Å². The van der Waals surface area contributed by atoms with Crippen molar-refractivity contribution in [3.63, 3.8) is 0 Å². The molecule has 1 saturated heterocycles. The van der Waals surface area contributed by atoms with E-state index in [1.807, 2.05) is 0 Å². The minimum absolute atomic E-state index is 0.0175. The third-order valence-electron chi connectivity index (χ3n) is 6.14. The summed E-state index contributed by atoms with van der Waals surface area (Å²) in [4.78, 5) is 36.0. The molecule has 1 aliphatic rings. The molecule has 196 valence electrons. The van der Waals surface area contributed by atoms with Crippen LogP contribution >= 0.6 is 0 Å². The van der Waals surface area contributed by atoms with Crippen molar-refractivity contribution in [2.45, 2.75) is 37.8 Å². The van der Waals surface area contributed by atoms with Gasteiger partial charge >= 0.3 is 0 Å². The maximum absolute atomic E-state index is 14.6. The van der Waals surface area contributed by atoms with E-state index in [0.29, 0.717) is 6.07 Å². The van der Waals surface area contributed by atoms with Gasteiger partial charge in [-0.25, -0.2) is 27.5 Å². The Morgan fingerprint density at radius 3 is 2.73 bits per heavy atom. The van der Waals surface area contributed by atoms with Crippen LogP contribution in [0.2, 0.25) is 0 Å². The molecule has 0 radical (unpaired) electrons. The smallest absolute Gasteiger partial charge is 0.257 e. The first kappa shape index (κ1) is 26.2. The molecule has 3 heterocycles. The topological polar surface area (TPSA) is 120 Å². The van der Waals surface area contributed by atoms with E-state index in [0.717, 1.165) is 18.5 Å². The Morgan fingerprint density at radius 1 is 1.30 bits per heavy atom. The lowest BCUT2D eigenvalue weighted by Crippen LogP contribution is -2.52. The Bertz CT molecular complexity index is 1320. The van der Waals surface area contributed by atoms with Crippen molar-refractivity contribution in [2.75, 3.05) is 18.4 Å². The van der Waals surface area contributed by atoms with Crippen LogP contribution in [0.25, 0.3) is 0 Å². The molecule has 2 aromatic heterocycles. The molecule has 13 heteroatoms. The minimum Gasteiger partial charge on any atom is -0.434 e. The summed E-state index contributed by atoms with van der Waals surface area (Å²) < 4.78 is 61.9. The highest BCUT2D eigenvalue weighted by molar-refractivity contribution is 5.93. The Kier molecular flexibility index (Phi) is 7.55. The Labute approximate surface area is 208 Å². The number of carbonyl (C=O) groups excluding carboxylic acids is 1. The molecule has 9 nitrogen and oxygen atoms in total. The summed E-state index contributed by atoms with van der Waals surface area (Å²) in [6, 6.07) is 3.25. The van der Waals surface area contributed by atoms with Crippen molar-refractivity contribution in [3.8, 4) is 11.6 Å². The van der Waals surface area contributed by atoms with Gasteiger partial charge in [0.2, 0.25) is 17.3 Å². The molecule has 1 aromatic carbocycles. The fourth-order valence-corrected chi connectivity index (χ4v) is 4.05. The number of aliphatic hydroxyl groups excluding tert-OH is 1. The van der Waals surface area contributed by atoms with Crippen LogP contribution in [0.3, 0.4) is 0 Å². The quantitative estimate of drug-likeness (QED) is 0.409. The predicted octanol–water partition coefficient (Wildman–Crippen LogP) is 3.18. The summed E-state index contributed by atoms with van der Waals surface area (Å²) in [5.74, 6) is -7.20. The van der Waals surface area contributed by atoms with Crippen LogP contribution in [-0.4, -0.2) is 55.9 Å². The Balaban J connectivity index is 1.41. The van der Waals surface area contributed by atoms with Crippen LogP contribution < -0.4 is 15.6 Å². The van der Waals surface area contributed by atoms with Crippen LogP contribution in [0.5, 0.6) is 11.6 Å². The van der Waals surface area contributed by atoms with E-state index in [1.54, 1.807) is 11.8 Å². The average molecular weight is 521 g/mol. The highest BCUT2D eigenvalue weighted by Crippen LogP contribution is 2.40. The third-order valence-corrected chi connectivity index (χ3v) is 6.14. The number of ether oxygens (including phenoxy) is 1. The van der Waals surface area contributed by atoms with Crippen LogP contribution in [0.4, 0.5) is 23.4 Å². The van der Waals surface area contributed by atoms with E-state index in [1.165, 1.54) is 18.3 Å². The first-order valence-corrected chi connectivity index (χ1v) is 11.3. The van der Waals surface area contributed by atoms with Gasteiger partial charge in [0.25, 0.3) is 5.92 Å². The lowest BCUT2D eigenvalue weighted by molar-refractivity contribution is -0.125. The van der Waals surface area contributed by atoms with Crippen molar-refractivity contribution in [3.05, 3.63) is 76.0 Å². The lowest BCUT2D eigenvalue weighted by atomic mass is 9.87. The number of nitrogens with one attached hydrogen (secondary N) is 2. The van der Waals surface area contributed by atoms with Crippen molar-refractivity contribution in [1.82, 2.24) is 19.9 Å². The molecular formula is C24H23F4N5O4. The highest BCUT2D eigenvalue weighted by Gasteiger charge is 2.46. The van der Waals surface area contributed by atoms with Gasteiger partial charge in [-0.2, -0.15) is 0 Å². The lowest BCUT2D eigenvalue weighted by Gasteiger charge is -2.40. The molecule has 0 spiro atoms. The summed E-state index contributed by atoms with van der Waals surface area (Å²) in [5.41, 5.74) is -0.260. The van der Waals surface area contributed by atoms with Crippen LogP contribution in [-0.2, 0) is 11.4 Å². The van der Waals surface area contributed by atoms with Gasteiger partial charge in [0.1, 0.15) is 5.82 Å². The number of likely N-dealkylation sites (tertiary alicyclic amines) is 1. The zero-order valence-corrected chi connectivity index (χ0v) is 19.6. The number of anilines is 1. The zero-order chi connectivity index (χ0) is 26.7. The number of aromatic amines is 1. The van der Waals surface area contributed by atoms with Gasteiger partial charge in [0.15, 0.2) is 17.4 Å². The molecule has 0 bridgehead atoms. The molecule has 37 heavy (non-hydrogen) atoms. The second kappa shape index (κ2) is 10.6. The van der Waals surface area contributed by atoms with Gasteiger partial charge < -0.3 is 20.1 Å². The van der Waals surface area contributed by atoms with E-state index in [4.69, 9.17) is 4.74 Å². The average Bonchev–Trinajstić information content (AvgIpc) is 2.86. The monoisotopic (exact) mass is 521 g/mol. The molecule has 3 N–H and O–H groups in total. The van der Waals surface area contributed by atoms with Gasteiger partial charge in [-0.1, -0.05) is 6.07 Å². The number of aromatic nitrogens is 3. The summed E-state index contributed by atoms with van der Waals surface area (Å²) in [6.07, 6.45) is 3.04. The number of H-pyrrole nitrogens is 1. The largest absolute Gasteiger partial charge is 0.434 e. The number of alkyl halides is 2. The number of hydrogen-bond acceptors (Lipinski definition) is 7. The second-order valence-electron chi connectivity index (χ2n) is 8.59. The summed E-state index contributed by atoms with van der Waals surface area (Å²) in [5, 5.41) is 11.9. The highest BCUT2D eigenvalue weighted by atomic mass is 19.3. The number of piperidine rings is 1. The minimum atomic E-state index is -3.01. The molecule has 4 rings (SSSR count). The number of pyridine rings is 1. The van der Waals surface area contributed by atoms with Crippen molar-refractivity contribution < 1.29 is 32.2 Å². The van der Waals surface area contributed by atoms with Crippen molar-refractivity contribution in [2.24, 2.45) is 0 Å². The van der Waals surface area contributed by atoms with Gasteiger partial charge in [-0.3, -0.25) is 14.5 Å². The zero-order valence-electron chi connectivity index (χ0n) is 19.6. The number of hydrogen-bond donors (Lipinski definition) is 3. The van der Waals surface area contributed by atoms with E-state index < -0.39 is 59.8 Å². The SMILES string of the molecule is CC(C(=O)Nc1cnc(Oc2c(F)cc(F)cc2CO)cn1)N1CCC(F)(F)[C@@H](c2ccc(=O)[nH]c2)C1. The Morgan fingerprint density at radius 2 is 2.08 bits per heavy atom. The van der Waals surface area contributed by atoms with Crippen LogP contribution in [0.1, 0.15) is 30.4 Å². The summed E-state index contributed by atoms with van der Waals surface area (Å²) in [6.45, 7) is 0.773. The molecular weight excluding hydrogens is 498 g/mol. The number of carbonyl (C=O) groups is 1. The number of aliphatic hydroxyl groups is 1. The predicted molar refractivity (Wildman–Crippen MR) is 123 cm³/mol. The van der Waals surface area contributed by atoms with Gasteiger partial charge in [-0.15, -0.1) is 0 Å². The normalized spacial score (nSPS) is 18.3. The van der Waals surface area contributed by atoms with Gasteiger partial charge in [0, 0.05) is 43.4 Å².